The van der Waals surface area contributed by atoms with Gasteiger partial charge >= 0.3 is 0 Å². The Morgan fingerprint density at radius 2 is 1.89 bits per heavy atom. The molecule has 0 aliphatic rings. The number of rotatable bonds is 3. The predicted octanol–water partition coefficient (Wildman–Crippen LogP) is 2.29. The van der Waals surface area contributed by atoms with Crippen molar-refractivity contribution in [2.24, 2.45) is 0 Å². The first-order valence-electron chi connectivity index (χ1n) is 5.35. The molecule has 0 radical (unpaired) electrons. The van der Waals surface area contributed by atoms with E-state index >= 15 is 0 Å². The maximum Gasteiger partial charge on any atom is 0.274 e. The van der Waals surface area contributed by atoms with E-state index in [9.17, 15) is 9.59 Å². The summed E-state index contributed by atoms with van der Waals surface area (Å²) in [4.78, 5) is 22.3. The number of benzene rings is 2. The summed E-state index contributed by atoms with van der Waals surface area (Å²) in [6.45, 7) is 0. The molecule has 0 aromatic heterocycles. The van der Waals surface area contributed by atoms with Crippen molar-refractivity contribution in [2.75, 3.05) is 0 Å². The van der Waals surface area contributed by atoms with Crippen LogP contribution >= 0.6 is 0 Å². The van der Waals surface area contributed by atoms with Gasteiger partial charge in [0, 0.05) is 11.1 Å². The molecule has 0 bridgehead atoms. The van der Waals surface area contributed by atoms with Crippen LogP contribution in [-0.4, -0.2) is 17.4 Å². The number of nitrogens with one attached hydrogen (secondary N) is 1. The number of hydroxylamine groups is 1. The van der Waals surface area contributed by atoms with Crippen LogP contribution in [0.15, 0.2) is 48.5 Å². The molecule has 18 heavy (non-hydrogen) atoms. The molecule has 0 fully saturated rings. The molecule has 2 aromatic carbocycles. The Bertz CT molecular complexity index is 593. The Labute approximate surface area is 104 Å². The zero-order valence-electron chi connectivity index (χ0n) is 9.46. The van der Waals surface area contributed by atoms with Gasteiger partial charge in [0.15, 0.2) is 6.29 Å². The lowest BCUT2D eigenvalue weighted by atomic mass is 9.98. The Morgan fingerprint density at radius 3 is 2.61 bits per heavy atom. The summed E-state index contributed by atoms with van der Waals surface area (Å²) in [5.74, 6) is -0.583. The highest BCUT2D eigenvalue weighted by molar-refractivity contribution is 5.95. The van der Waals surface area contributed by atoms with Crippen molar-refractivity contribution >= 4 is 12.2 Å². The van der Waals surface area contributed by atoms with Gasteiger partial charge in [0.05, 0.1) is 0 Å². The van der Waals surface area contributed by atoms with Gasteiger partial charge in [-0.05, 0) is 23.3 Å². The maximum absolute atomic E-state index is 11.3. The third-order valence-electron chi connectivity index (χ3n) is 2.63. The summed E-state index contributed by atoms with van der Waals surface area (Å²) < 4.78 is 0. The fourth-order valence-electron chi connectivity index (χ4n) is 1.76. The lowest BCUT2D eigenvalue weighted by Crippen LogP contribution is -2.18. The average Bonchev–Trinajstić information content (AvgIpc) is 2.46. The van der Waals surface area contributed by atoms with Crippen LogP contribution in [0.3, 0.4) is 0 Å². The molecule has 0 saturated heterocycles. The zero-order chi connectivity index (χ0) is 13.0. The second-order valence-corrected chi connectivity index (χ2v) is 3.73. The van der Waals surface area contributed by atoms with E-state index in [1.165, 1.54) is 0 Å². The molecule has 0 spiro atoms. The Kier molecular flexibility index (Phi) is 3.50. The summed E-state index contributed by atoms with van der Waals surface area (Å²) in [6, 6.07) is 13.8. The van der Waals surface area contributed by atoms with E-state index in [2.05, 4.69) is 0 Å². The lowest BCUT2D eigenvalue weighted by Gasteiger charge is -2.06. The minimum absolute atomic E-state index is 0.329. The molecule has 90 valence electrons. The molecule has 1 amide bonds. The highest BCUT2D eigenvalue weighted by Gasteiger charge is 2.08. The van der Waals surface area contributed by atoms with Gasteiger partial charge in [0.1, 0.15) is 0 Å². The van der Waals surface area contributed by atoms with Crippen molar-refractivity contribution < 1.29 is 14.8 Å². The number of carbonyl (C=O) groups is 2. The van der Waals surface area contributed by atoms with E-state index in [0.717, 1.165) is 17.4 Å². The van der Waals surface area contributed by atoms with Crippen molar-refractivity contribution in [3.05, 3.63) is 59.7 Å². The highest BCUT2D eigenvalue weighted by atomic mass is 16.5. The predicted molar refractivity (Wildman–Crippen MR) is 66.5 cm³/mol. The monoisotopic (exact) mass is 241 g/mol. The van der Waals surface area contributed by atoms with Gasteiger partial charge in [-0.15, -0.1) is 0 Å². The Hall–Kier alpha value is -2.46. The van der Waals surface area contributed by atoms with Gasteiger partial charge in [-0.1, -0.05) is 36.4 Å². The molecule has 4 heteroatoms. The number of hydrogen-bond acceptors (Lipinski definition) is 3. The van der Waals surface area contributed by atoms with Gasteiger partial charge < -0.3 is 0 Å². The van der Waals surface area contributed by atoms with Crippen LogP contribution in [0.2, 0.25) is 0 Å². The maximum atomic E-state index is 11.3. The van der Waals surface area contributed by atoms with Crippen molar-refractivity contribution in [1.82, 2.24) is 5.48 Å². The molecular formula is C14H11NO3. The number of hydrogen-bond donors (Lipinski definition) is 2. The van der Waals surface area contributed by atoms with Gasteiger partial charge in [0.25, 0.3) is 5.91 Å². The summed E-state index contributed by atoms with van der Waals surface area (Å²) >= 11 is 0. The summed E-state index contributed by atoms with van der Waals surface area (Å²) in [6.07, 6.45) is 0.772. The minimum Gasteiger partial charge on any atom is -0.298 e. The van der Waals surface area contributed by atoms with Gasteiger partial charge in [-0.3, -0.25) is 14.8 Å². The number of aldehydes is 1. The summed E-state index contributed by atoms with van der Waals surface area (Å²) in [5.41, 5.74) is 3.96. The van der Waals surface area contributed by atoms with Crippen LogP contribution in [0, 0.1) is 0 Å². The van der Waals surface area contributed by atoms with Crippen molar-refractivity contribution in [3.8, 4) is 11.1 Å². The Morgan fingerprint density at radius 1 is 1.11 bits per heavy atom. The van der Waals surface area contributed by atoms with Gasteiger partial charge in [0.2, 0.25) is 0 Å². The average molecular weight is 241 g/mol. The lowest BCUT2D eigenvalue weighted by molar-refractivity contribution is 0.0706. The third kappa shape index (κ3) is 2.28. The number of amides is 1. The molecule has 0 aliphatic carbocycles. The molecule has 0 saturated carbocycles. The van der Waals surface area contributed by atoms with Crippen LogP contribution in [0.25, 0.3) is 11.1 Å². The first-order valence-corrected chi connectivity index (χ1v) is 5.35. The van der Waals surface area contributed by atoms with E-state index in [1.807, 2.05) is 6.07 Å². The first kappa shape index (κ1) is 12.0. The molecular weight excluding hydrogens is 230 g/mol. The second kappa shape index (κ2) is 5.25. The van der Waals surface area contributed by atoms with Crippen LogP contribution in [0.1, 0.15) is 20.7 Å². The van der Waals surface area contributed by atoms with Gasteiger partial charge in [-0.25, -0.2) is 5.48 Å². The van der Waals surface area contributed by atoms with Crippen LogP contribution < -0.4 is 5.48 Å². The van der Waals surface area contributed by atoms with Crippen LogP contribution in [-0.2, 0) is 0 Å². The number of carbonyl (C=O) groups excluding carboxylic acids is 2. The van der Waals surface area contributed by atoms with E-state index in [0.29, 0.717) is 11.1 Å². The minimum atomic E-state index is -0.583. The van der Waals surface area contributed by atoms with E-state index in [1.54, 1.807) is 47.9 Å². The van der Waals surface area contributed by atoms with Crippen molar-refractivity contribution in [1.29, 1.82) is 0 Å². The molecule has 2 aromatic rings. The fourth-order valence-corrected chi connectivity index (χ4v) is 1.76. The molecule has 0 heterocycles. The SMILES string of the molecule is O=Cc1ccccc1-c1cccc(C(=O)NO)c1. The molecule has 0 aliphatic heterocycles. The molecule has 2 N–H and O–H groups in total. The highest BCUT2D eigenvalue weighted by Crippen LogP contribution is 2.23. The molecule has 4 nitrogen and oxygen atoms in total. The van der Waals surface area contributed by atoms with Gasteiger partial charge in [-0.2, -0.15) is 0 Å². The quantitative estimate of drug-likeness (QED) is 0.492. The second-order valence-electron chi connectivity index (χ2n) is 3.73. The van der Waals surface area contributed by atoms with Crippen molar-refractivity contribution in [2.45, 2.75) is 0 Å². The summed E-state index contributed by atoms with van der Waals surface area (Å²) in [5, 5.41) is 8.59. The zero-order valence-corrected chi connectivity index (χ0v) is 9.46. The molecule has 2 rings (SSSR count). The summed E-state index contributed by atoms with van der Waals surface area (Å²) in [7, 11) is 0. The smallest absolute Gasteiger partial charge is 0.274 e. The van der Waals surface area contributed by atoms with Crippen LogP contribution in [0.4, 0.5) is 0 Å². The first-order chi connectivity index (χ1) is 8.76. The topological polar surface area (TPSA) is 66.4 Å². The van der Waals surface area contributed by atoms with E-state index in [4.69, 9.17) is 5.21 Å². The third-order valence-corrected chi connectivity index (χ3v) is 2.63. The fraction of sp³-hybridized carbons (Fsp3) is 0. The Balaban J connectivity index is 2.51. The van der Waals surface area contributed by atoms with Crippen LogP contribution in [0.5, 0.6) is 0 Å². The normalized spacial score (nSPS) is 9.83. The largest absolute Gasteiger partial charge is 0.298 e. The molecule has 0 atom stereocenters. The molecule has 0 unspecified atom stereocenters. The van der Waals surface area contributed by atoms with Crippen molar-refractivity contribution in [3.63, 3.8) is 0 Å². The van der Waals surface area contributed by atoms with E-state index in [-0.39, 0.29) is 0 Å². The standard InChI is InChI=1S/C14H11NO3/c16-9-12-4-1-2-7-13(12)10-5-3-6-11(8-10)14(17)15-18/h1-9,18H,(H,15,17). The van der Waals surface area contributed by atoms with E-state index < -0.39 is 5.91 Å².